The number of piperidine rings is 1. The summed E-state index contributed by atoms with van der Waals surface area (Å²) in [6, 6.07) is 12.2. The molecule has 3 atom stereocenters. The highest BCUT2D eigenvalue weighted by Gasteiger charge is 2.57. The van der Waals surface area contributed by atoms with Gasteiger partial charge in [-0.25, -0.2) is 4.79 Å². The van der Waals surface area contributed by atoms with Gasteiger partial charge in [0.05, 0.1) is 24.1 Å². The van der Waals surface area contributed by atoms with E-state index in [1.807, 2.05) is 30.3 Å². The van der Waals surface area contributed by atoms with Crippen molar-refractivity contribution in [1.29, 1.82) is 0 Å². The summed E-state index contributed by atoms with van der Waals surface area (Å²) >= 11 is 0. The van der Waals surface area contributed by atoms with Gasteiger partial charge in [0.1, 0.15) is 17.1 Å². The Balaban J connectivity index is 1.77. The van der Waals surface area contributed by atoms with Crippen molar-refractivity contribution in [3.05, 3.63) is 65.2 Å². The number of halogens is 3. The number of rotatable bonds is 3. The van der Waals surface area contributed by atoms with Crippen LogP contribution in [0.15, 0.2) is 48.5 Å². The second-order valence-corrected chi connectivity index (χ2v) is 10.7. The summed E-state index contributed by atoms with van der Waals surface area (Å²) < 4.78 is 51.6. The Morgan fingerprint density at radius 3 is 2.39 bits per heavy atom. The van der Waals surface area contributed by atoms with Crippen LogP contribution in [0.5, 0.6) is 5.75 Å². The third kappa shape index (κ3) is 4.95. The fraction of sp³-hybridized carbons (Fsp3) is 0.500. The zero-order chi connectivity index (χ0) is 26.3. The molecule has 4 rings (SSSR count). The molecule has 1 heterocycles. The summed E-state index contributed by atoms with van der Waals surface area (Å²) in [6.45, 7) is 5.80. The van der Waals surface area contributed by atoms with Crippen LogP contribution in [0.4, 0.5) is 18.0 Å². The van der Waals surface area contributed by atoms with E-state index in [9.17, 15) is 22.8 Å². The first-order chi connectivity index (χ1) is 16.9. The van der Waals surface area contributed by atoms with Gasteiger partial charge < -0.3 is 14.4 Å². The van der Waals surface area contributed by atoms with Gasteiger partial charge in [-0.3, -0.25) is 4.79 Å². The van der Waals surface area contributed by atoms with Crippen LogP contribution in [0.1, 0.15) is 75.1 Å². The van der Waals surface area contributed by atoms with Gasteiger partial charge in [0.15, 0.2) is 0 Å². The minimum absolute atomic E-state index is 0.0472. The van der Waals surface area contributed by atoms with Gasteiger partial charge in [-0.05, 0) is 75.3 Å². The van der Waals surface area contributed by atoms with E-state index in [0.717, 1.165) is 17.7 Å². The molecule has 2 aromatic rings. The van der Waals surface area contributed by atoms with E-state index in [4.69, 9.17) is 9.47 Å². The average Bonchev–Trinajstić information content (AvgIpc) is 3.13. The molecule has 1 aliphatic carbocycles. The number of carbonyl (C=O) groups is 2. The number of likely N-dealkylation sites (tertiary alicyclic amines) is 1. The van der Waals surface area contributed by atoms with E-state index in [1.54, 1.807) is 25.7 Å². The molecule has 2 aromatic carbocycles. The lowest BCUT2D eigenvalue weighted by molar-refractivity contribution is -0.137. The molecule has 0 bridgehead atoms. The van der Waals surface area contributed by atoms with Crippen LogP contribution in [-0.2, 0) is 15.7 Å². The minimum atomic E-state index is -4.51. The average molecular weight is 504 g/mol. The van der Waals surface area contributed by atoms with Gasteiger partial charge in [-0.15, -0.1) is 0 Å². The van der Waals surface area contributed by atoms with Crippen molar-refractivity contribution in [2.24, 2.45) is 5.41 Å². The van der Waals surface area contributed by atoms with E-state index in [-0.39, 0.29) is 12.2 Å². The summed E-state index contributed by atoms with van der Waals surface area (Å²) in [7, 11) is 1.41. The van der Waals surface area contributed by atoms with Crippen LogP contribution < -0.4 is 4.74 Å². The third-order valence-corrected chi connectivity index (χ3v) is 7.19. The Morgan fingerprint density at radius 2 is 1.78 bits per heavy atom. The Bertz CT molecular complexity index is 1130. The van der Waals surface area contributed by atoms with Gasteiger partial charge in [-0.2, -0.15) is 13.2 Å². The van der Waals surface area contributed by atoms with E-state index < -0.39 is 40.8 Å². The standard InChI is InChI=1S/C28H32F3NO4/c1-26(2,3)36-25(34)32-14-8-13-27(24(32)18-9-6-5-7-10-18)17-19(15-23(27)33)21-16-20(28(29,30)31)11-12-22(21)35-4/h5-7,9-12,16,19,24H,8,13-15,17H2,1-4H3. The molecule has 1 saturated heterocycles. The summed E-state index contributed by atoms with van der Waals surface area (Å²) in [5.41, 5.74) is -1.23. The second kappa shape index (κ2) is 9.45. The third-order valence-electron chi connectivity index (χ3n) is 7.19. The number of methoxy groups -OCH3 is 1. The van der Waals surface area contributed by atoms with Crippen LogP contribution >= 0.6 is 0 Å². The molecule has 0 aromatic heterocycles. The molecule has 0 N–H and O–H groups in total. The van der Waals surface area contributed by atoms with Crippen molar-refractivity contribution in [2.45, 2.75) is 70.2 Å². The molecule has 36 heavy (non-hydrogen) atoms. The molecular formula is C28H32F3NO4. The van der Waals surface area contributed by atoms with Crippen LogP contribution in [-0.4, -0.2) is 36.0 Å². The Morgan fingerprint density at radius 1 is 1.08 bits per heavy atom. The number of nitrogens with zero attached hydrogens (tertiary/aromatic N) is 1. The van der Waals surface area contributed by atoms with Crippen LogP contribution in [0.2, 0.25) is 0 Å². The second-order valence-electron chi connectivity index (χ2n) is 10.7. The number of alkyl halides is 3. The number of amides is 1. The molecule has 2 aliphatic rings. The van der Waals surface area contributed by atoms with Crippen LogP contribution in [0, 0.1) is 5.41 Å². The number of ketones is 1. The zero-order valence-electron chi connectivity index (χ0n) is 21.0. The van der Waals surface area contributed by atoms with E-state index >= 15 is 0 Å². The molecule has 5 nitrogen and oxygen atoms in total. The van der Waals surface area contributed by atoms with Crippen LogP contribution in [0.25, 0.3) is 0 Å². The lowest BCUT2D eigenvalue weighted by Gasteiger charge is -2.47. The molecule has 1 amide bonds. The number of carbonyl (C=O) groups excluding carboxylic acids is 2. The van der Waals surface area contributed by atoms with Crippen molar-refractivity contribution in [1.82, 2.24) is 4.90 Å². The van der Waals surface area contributed by atoms with Crippen molar-refractivity contribution < 1.29 is 32.2 Å². The van der Waals surface area contributed by atoms with Gasteiger partial charge in [0, 0.05) is 13.0 Å². The predicted molar refractivity (Wildman–Crippen MR) is 129 cm³/mol. The summed E-state index contributed by atoms with van der Waals surface area (Å²) in [6.07, 6.45) is -3.45. The first kappa shape index (κ1) is 26.0. The maximum Gasteiger partial charge on any atom is 0.416 e. The largest absolute Gasteiger partial charge is 0.496 e. The van der Waals surface area contributed by atoms with Crippen molar-refractivity contribution in [2.75, 3.05) is 13.7 Å². The van der Waals surface area contributed by atoms with E-state index in [1.165, 1.54) is 13.2 Å². The topological polar surface area (TPSA) is 55.8 Å². The number of ether oxygens (including phenoxy) is 2. The highest BCUT2D eigenvalue weighted by molar-refractivity contribution is 5.90. The lowest BCUT2D eigenvalue weighted by Crippen LogP contribution is -2.51. The van der Waals surface area contributed by atoms with Gasteiger partial charge in [0.2, 0.25) is 0 Å². The molecule has 1 spiro atoms. The molecule has 194 valence electrons. The summed E-state index contributed by atoms with van der Waals surface area (Å²) in [5.74, 6) is -0.178. The highest BCUT2D eigenvalue weighted by Crippen LogP contribution is 2.58. The molecule has 2 fully saturated rings. The van der Waals surface area contributed by atoms with Crippen LogP contribution in [0.3, 0.4) is 0 Å². The van der Waals surface area contributed by atoms with Crippen molar-refractivity contribution >= 4 is 11.9 Å². The zero-order valence-corrected chi connectivity index (χ0v) is 21.0. The Labute approximate surface area is 209 Å². The number of Topliss-reactive ketones (excluding diaryl/α,β-unsaturated/α-hetero) is 1. The molecule has 3 unspecified atom stereocenters. The fourth-order valence-corrected chi connectivity index (χ4v) is 5.79. The fourth-order valence-electron chi connectivity index (χ4n) is 5.79. The van der Waals surface area contributed by atoms with E-state index in [2.05, 4.69) is 0 Å². The number of hydrogen-bond donors (Lipinski definition) is 0. The maximum absolute atomic E-state index is 13.8. The smallest absolute Gasteiger partial charge is 0.416 e. The maximum atomic E-state index is 13.8. The van der Waals surface area contributed by atoms with Gasteiger partial charge in [0.25, 0.3) is 0 Å². The summed E-state index contributed by atoms with van der Waals surface area (Å²) in [4.78, 5) is 28.7. The van der Waals surface area contributed by atoms with Crippen molar-refractivity contribution in [3.8, 4) is 5.75 Å². The molecule has 8 heteroatoms. The number of benzene rings is 2. The Kier molecular flexibility index (Phi) is 6.84. The first-order valence-electron chi connectivity index (χ1n) is 12.2. The first-order valence-corrected chi connectivity index (χ1v) is 12.2. The minimum Gasteiger partial charge on any atom is -0.496 e. The normalized spacial score (nSPS) is 24.8. The van der Waals surface area contributed by atoms with Gasteiger partial charge >= 0.3 is 12.3 Å². The molecular weight excluding hydrogens is 471 g/mol. The monoisotopic (exact) mass is 503 g/mol. The molecule has 1 aliphatic heterocycles. The van der Waals surface area contributed by atoms with E-state index in [0.29, 0.717) is 37.1 Å². The molecule has 0 radical (unpaired) electrons. The SMILES string of the molecule is COc1ccc(C(F)(F)F)cc1C1CC(=O)C2(CCCN(C(=O)OC(C)(C)C)C2c2ccccc2)C1. The lowest BCUT2D eigenvalue weighted by atomic mass is 9.68. The predicted octanol–water partition coefficient (Wildman–Crippen LogP) is 6.92. The number of hydrogen-bond acceptors (Lipinski definition) is 4. The molecule has 1 saturated carbocycles. The summed E-state index contributed by atoms with van der Waals surface area (Å²) in [5, 5.41) is 0. The van der Waals surface area contributed by atoms with Crippen molar-refractivity contribution in [3.63, 3.8) is 0 Å². The van der Waals surface area contributed by atoms with Gasteiger partial charge in [-0.1, -0.05) is 30.3 Å². The Hall–Kier alpha value is -3.03. The quantitative estimate of drug-likeness (QED) is 0.456. The highest BCUT2D eigenvalue weighted by atomic mass is 19.4.